The summed E-state index contributed by atoms with van der Waals surface area (Å²) in [6, 6.07) is 14.3. The molecule has 0 radical (unpaired) electrons. The van der Waals surface area contributed by atoms with E-state index in [0.717, 1.165) is 27.1 Å². The number of nitrogens with two attached hydrogens (primary N) is 1. The van der Waals surface area contributed by atoms with Gasteiger partial charge in [-0.3, -0.25) is 0 Å². The zero-order valence-electron chi connectivity index (χ0n) is 10.8. The van der Waals surface area contributed by atoms with Crippen LogP contribution in [0.2, 0.25) is 0 Å². The number of fused-ring (bicyclic) bond motifs is 1. The number of benzene rings is 2. The fraction of sp³-hybridized carbons (Fsp3) is 0.133. The van der Waals surface area contributed by atoms with Crippen LogP contribution in [0.15, 0.2) is 57.0 Å². The third kappa shape index (κ3) is 2.90. The van der Waals surface area contributed by atoms with Crippen LogP contribution in [0.3, 0.4) is 0 Å². The summed E-state index contributed by atoms with van der Waals surface area (Å²) in [5, 5.41) is 0.909. The molecular weight excluding hydrogens is 334 g/mol. The largest absolute Gasteiger partial charge is 0.333 e. The molecule has 0 amide bonds. The summed E-state index contributed by atoms with van der Waals surface area (Å²) in [5.74, 6) is 0. The van der Waals surface area contributed by atoms with Crippen molar-refractivity contribution in [3.05, 3.63) is 52.5 Å². The molecule has 0 spiro atoms. The van der Waals surface area contributed by atoms with Gasteiger partial charge in [0.1, 0.15) is 0 Å². The molecule has 1 aromatic heterocycles. The lowest BCUT2D eigenvalue weighted by Crippen LogP contribution is -2.03. The number of aromatic amines is 1. The number of H-pyrrole nitrogens is 1. The third-order valence-corrected chi connectivity index (χ3v) is 4.51. The van der Waals surface area contributed by atoms with E-state index in [4.69, 9.17) is 5.73 Å². The molecular formula is C15H14BrN3S. The Balaban J connectivity index is 1.93. The van der Waals surface area contributed by atoms with Gasteiger partial charge in [0.25, 0.3) is 0 Å². The van der Waals surface area contributed by atoms with E-state index >= 15 is 0 Å². The predicted molar refractivity (Wildman–Crippen MR) is 87.1 cm³/mol. The van der Waals surface area contributed by atoms with E-state index in [1.807, 2.05) is 30.3 Å². The smallest absolute Gasteiger partial charge is 0.171 e. The SMILES string of the molecule is NCCc1cc(Br)ccc1Sc1nc2ccccc2[nH]1. The maximum Gasteiger partial charge on any atom is 0.171 e. The van der Waals surface area contributed by atoms with Gasteiger partial charge in [0, 0.05) is 9.37 Å². The molecule has 0 atom stereocenters. The molecule has 0 bridgehead atoms. The van der Waals surface area contributed by atoms with Crippen LogP contribution in [0.1, 0.15) is 5.56 Å². The molecule has 102 valence electrons. The first-order chi connectivity index (χ1) is 9.76. The van der Waals surface area contributed by atoms with E-state index in [1.165, 1.54) is 10.5 Å². The second-order valence-corrected chi connectivity index (χ2v) is 6.40. The van der Waals surface area contributed by atoms with Crippen molar-refractivity contribution in [1.29, 1.82) is 0 Å². The minimum atomic E-state index is 0.643. The summed E-state index contributed by atoms with van der Waals surface area (Å²) < 4.78 is 1.08. The second kappa shape index (κ2) is 5.99. The van der Waals surface area contributed by atoms with Gasteiger partial charge in [-0.1, -0.05) is 39.8 Å². The van der Waals surface area contributed by atoms with E-state index in [2.05, 4.69) is 38.0 Å². The Kier molecular flexibility index (Phi) is 4.10. The number of halogens is 1. The van der Waals surface area contributed by atoms with Crippen LogP contribution in [0.4, 0.5) is 0 Å². The van der Waals surface area contributed by atoms with Crippen molar-refractivity contribution in [3.63, 3.8) is 0 Å². The van der Waals surface area contributed by atoms with Crippen molar-refractivity contribution in [2.45, 2.75) is 16.5 Å². The van der Waals surface area contributed by atoms with Crippen LogP contribution in [0, 0.1) is 0 Å². The Hall–Kier alpha value is -1.30. The summed E-state index contributed by atoms with van der Waals surface area (Å²) in [5.41, 5.74) is 8.98. The topological polar surface area (TPSA) is 54.7 Å². The molecule has 3 rings (SSSR count). The number of para-hydroxylation sites is 2. The molecule has 0 unspecified atom stereocenters. The lowest BCUT2D eigenvalue weighted by atomic mass is 10.1. The summed E-state index contributed by atoms with van der Waals surface area (Å²) in [6.45, 7) is 0.643. The lowest BCUT2D eigenvalue weighted by molar-refractivity contribution is 0.941. The minimum absolute atomic E-state index is 0.643. The van der Waals surface area contributed by atoms with Gasteiger partial charge in [0.15, 0.2) is 5.16 Å². The highest BCUT2D eigenvalue weighted by Crippen LogP contribution is 2.31. The number of nitrogens with zero attached hydrogens (tertiary/aromatic N) is 1. The van der Waals surface area contributed by atoms with Gasteiger partial charge in [-0.25, -0.2) is 4.98 Å². The van der Waals surface area contributed by atoms with Crippen molar-refractivity contribution in [1.82, 2.24) is 9.97 Å². The zero-order chi connectivity index (χ0) is 13.9. The van der Waals surface area contributed by atoms with Crippen LogP contribution in [0.5, 0.6) is 0 Å². The monoisotopic (exact) mass is 347 g/mol. The molecule has 0 aliphatic carbocycles. The predicted octanol–water partition coefficient (Wildman–Crippen LogP) is 3.98. The molecule has 3 nitrogen and oxygen atoms in total. The van der Waals surface area contributed by atoms with Gasteiger partial charge in [0.2, 0.25) is 0 Å². The highest BCUT2D eigenvalue weighted by molar-refractivity contribution is 9.10. The molecule has 1 heterocycles. The Bertz CT molecular complexity index is 706. The van der Waals surface area contributed by atoms with Crippen LogP contribution >= 0.6 is 27.7 Å². The number of rotatable bonds is 4. The van der Waals surface area contributed by atoms with Gasteiger partial charge in [-0.2, -0.15) is 0 Å². The molecule has 0 aliphatic rings. The molecule has 0 aliphatic heterocycles. The normalized spacial score (nSPS) is 11.1. The zero-order valence-corrected chi connectivity index (χ0v) is 13.2. The van der Waals surface area contributed by atoms with E-state index < -0.39 is 0 Å². The van der Waals surface area contributed by atoms with Crippen molar-refractivity contribution in [3.8, 4) is 0 Å². The molecule has 2 aromatic carbocycles. The molecule has 5 heteroatoms. The molecule has 0 fully saturated rings. The van der Waals surface area contributed by atoms with E-state index in [-0.39, 0.29) is 0 Å². The van der Waals surface area contributed by atoms with Crippen LogP contribution in [-0.4, -0.2) is 16.5 Å². The number of imidazole rings is 1. The van der Waals surface area contributed by atoms with Crippen molar-refractivity contribution in [2.24, 2.45) is 5.73 Å². The highest BCUT2D eigenvalue weighted by Gasteiger charge is 2.08. The molecule has 20 heavy (non-hydrogen) atoms. The van der Waals surface area contributed by atoms with Crippen molar-refractivity contribution >= 4 is 38.7 Å². The fourth-order valence-electron chi connectivity index (χ4n) is 2.08. The van der Waals surface area contributed by atoms with E-state index in [0.29, 0.717) is 6.54 Å². The summed E-state index contributed by atoms with van der Waals surface area (Å²) >= 11 is 5.15. The molecule has 3 N–H and O–H groups in total. The number of hydrogen-bond acceptors (Lipinski definition) is 3. The Morgan fingerprint density at radius 3 is 2.85 bits per heavy atom. The molecule has 3 aromatic rings. The Morgan fingerprint density at radius 1 is 1.20 bits per heavy atom. The van der Waals surface area contributed by atoms with E-state index in [9.17, 15) is 0 Å². The lowest BCUT2D eigenvalue weighted by Gasteiger charge is -2.07. The summed E-state index contributed by atoms with van der Waals surface area (Å²) in [4.78, 5) is 9.13. The number of aromatic nitrogens is 2. The Morgan fingerprint density at radius 2 is 2.05 bits per heavy atom. The first-order valence-electron chi connectivity index (χ1n) is 6.37. The molecule has 0 saturated heterocycles. The number of hydrogen-bond donors (Lipinski definition) is 2. The summed E-state index contributed by atoms with van der Waals surface area (Å²) in [7, 11) is 0. The first kappa shape index (κ1) is 13.7. The van der Waals surface area contributed by atoms with Crippen LogP contribution in [-0.2, 0) is 6.42 Å². The van der Waals surface area contributed by atoms with E-state index in [1.54, 1.807) is 11.8 Å². The number of nitrogens with one attached hydrogen (secondary N) is 1. The van der Waals surface area contributed by atoms with Gasteiger partial charge < -0.3 is 10.7 Å². The third-order valence-electron chi connectivity index (χ3n) is 3.01. The van der Waals surface area contributed by atoms with Crippen molar-refractivity contribution in [2.75, 3.05) is 6.54 Å². The van der Waals surface area contributed by atoms with Gasteiger partial charge in [-0.15, -0.1) is 0 Å². The van der Waals surface area contributed by atoms with Crippen molar-refractivity contribution < 1.29 is 0 Å². The maximum absolute atomic E-state index is 5.69. The standard InChI is InChI=1S/C15H14BrN3S/c16-11-5-6-14(10(9-11)7-8-17)20-15-18-12-3-1-2-4-13(12)19-15/h1-6,9H,7-8,17H2,(H,18,19). The average Bonchev–Trinajstić information content (AvgIpc) is 2.84. The summed E-state index contributed by atoms with van der Waals surface area (Å²) in [6.07, 6.45) is 0.863. The molecule has 0 saturated carbocycles. The van der Waals surface area contributed by atoms with Gasteiger partial charge >= 0.3 is 0 Å². The van der Waals surface area contributed by atoms with Gasteiger partial charge in [0.05, 0.1) is 11.0 Å². The second-order valence-electron chi connectivity index (χ2n) is 4.45. The first-order valence-corrected chi connectivity index (χ1v) is 7.98. The highest BCUT2D eigenvalue weighted by atomic mass is 79.9. The quantitative estimate of drug-likeness (QED) is 0.750. The van der Waals surface area contributed by atoms with Crippen LogP contribution in [0.25, 0.3) is 11.0 Å². The minimum Gasteiger partial charge on any atom is -0.333 e. The average molecular weight is 348 g/mol. The fourth-order valence-corrected chi connectivity index (χ4v) is 3.43. The van der Waals surface area contributed by atoms with Gasteiger partial charge in [-0.05, 0) is 48.9 Å². The van der Waals surface area contributed by atoms with Crippen LogP contribution < -0.4 is 5.73 Å². The Labute approximate surface area is 130 Å². The maximum atomic E-state index is 5.69.